The summed E-state index contributed by atoms with van der Waals surface area (Å²) in [5.74, 6) is 0.582. The Bertz CT molecular complexity index is 467. The lowest BCUT2D eigenvalue weighted by atomic mass is 10.0. The molecule has 1 aliphatic heterocycles. The molecular weight excluding hydrogens is 300 g/mol. The van der Waals surface area contributed by atoms with Gasteiger partial charge in [0, 0.05) is 37.5 Å². The summed E-state index contributed by atoms with van der Waals surface area (Å²) in [5.41, 5.74) is 2.55. The van der Waals surface area contributed by atoms with Gasteiger partial charge in [0.05, 0.1) is 12.7 Å². The van der Waals surface area contributed by atoms with Crippen LogP contribution in [0.3, 0.4) is 0 Å². The molecule has 1 aromatic rings. The maximum atomic E-state index is 9.62. The van der Waals surface area contributed by atoms with Gasteiger partial charge in [-0.1, -0.05) is 26.0 Å². The van der Waals surface area contributed by atoms with Crippen molar-refractivity contribution in [3.05, 3.63) is 29.8 Å². The van der Waals surface area contributed by atoms with Crippen LogP contribution in [0.5, 0.6) is 0 Å². The summed E-state index contributed by atoms with van der Waals surface area (Å²) in [7, 11) is 0. The summed E-state index contributed by atoms with van der Waals surface area (Å²) >= 11 is 0. The number of benzene rings is 1. The Balaban J connectivity index is 1.81. The van der Waals surface area contributed by atoms with Crippen molar-refractivity contribution in [1.82, 2.24) is 5.32 Å². The van der Waals surface area contributed by atoms with Crippen molar-refractivity contribution in [3.8, 4) is 0 Å². The average Bonchev–Trinajstić information content (AvgIpc) is 2.55. The Kier molecular flexibility index (Phi) is 7.53. The molecule has 1 aliphatic rings. The highest BCUT2D eigenvalue weighted by molar-refractivity contribution is 5.48. The fourth-order valence-electron chi connectivity index (χ4n) is 3.15. The maximum Gasteiger partial charge on any atom is 0.0617 e. The van der Waals surface area contributed by atoms with E-state index in [1.54, 1.807) is 0 Å². The van der Waals surface area contributed by atoms with Gasteiger partial charge in [-0.25, -0.2) is 0 Å². The van der Waals surface area contributed by atoms with Gasteiger partial charge >= 0.3 is 0 Å². The van der Waals surface area contributed by atoms with Gasteiger partial charge in [0.1, 0.15) is 0 Å². The summed E-state index contributed by atoms with van der Waals surface area (Å²) in [5, 5.41) is 13.2. The van der Waals surface area contributed by atoms with Gasteiger partial charge in [0.15, 0.2) is 0 Å². The summed E-state index contributed by atoms with van der Waals surface area (Å²) in [6, 6.07) is 9.46. The SMILES string of the molecule is CC(C)COCC(C)NC(C)c1ccc(N2CCC(O)CC2)cc1. The van der Waals surface area contributed by atoms with E-state index in [-0.39, 0.29) is 6.10 Å². The highest BCUT2D eigenvalue weighted by Gasteiger charge is 2.17. The Morgan fingerprint density at radius 2 is 1.71 bits per heavy atom. The number of rotatable bonds is 8. The molecule has 0 aliphatic carbocycles. The van der Waals surface area contributed by atoms with E-state index in [4.69, 9.17) is 4.74 Å². The second kappa shape index (κ2) is 9.40. The van der Waals surface area contributed by atoms with Crippen molar-refractivity contribution in [1.29, 1.82) is 0 Å². The molecule has 2 atom stereocenters. The number of ether oxygens (including phenoxy) is 1. The van der Waals surface area contributed by atoms with Crippen molar-refractivity contribution in [3.63, 3.8) is 0 Å². The molecule has 4 nitrogen and oxygen atoms in total. The Morgan fingerprint density at radius 3 is 2.29 bits per heavy atom. The van der Waals surface area contributed by atoms with Gasteiger partial charge in [0.2, 0.25) is 0 Å². The van der Waals surface area contributed by atoms with E-state index < -0.39 is 0 Å². The number of nitrogens with one attached hydrogen (secondary N) is 1. The zero-order valence-corrected chi connectivity index (χ0v) is 15.7. The van der Waals surface area contributed by atoms with Crippen molar-refractivity contribution >= 4 is 5.69 Å². The monoisotopic (exact) mass is 334 g/mol. The Hall–Kier alpha value is -1.10. The van der Waals surface area contributed by atoms with Crippen molar-refractivity contribution in [2.45, 2.75) is 58.7 Å². The van der Waals surface area contributed by atoms with E-state index >= 15 is 0 Å². The van der Waals surface area contributed by atoms with Crippen molar-refractivity contribution < 1.29 is 9.84 Å². The highest BCUT2D eigenvalue weighted by atomic mass is 16.5. The Labute approximate surface area is 147 Å². The summed E-state index contributed by atoms with van der Waals surface area (Å²) in [4.78, 5) is 2.36. The zero-order chi connectivity index (χ0) is 17.5. The first kappa shape index (κ1) is 19.2. The summed E-state index contributed by atoms with van der Waals surface area (Å²) in [6.45, 7) is 12.2. The van der Waals surface area contributed by atoms with E-state index in [2.05, 4.69) is 62.2 Å². The molecule has 0 spiro atoms. The molecule has 4 heteroatoms. The minimum absolute atomic E-state index is 0.121. The fraction of sp³-hybridized carbons (Fsp3) is 0.700. The molecule has 0 aromatic heterocycles. The molecule has 0 amide bonds. The number of aliphatic hydroxyl groups is 1. The summed E-state index contributed by atoms with van der Waals surface area (Å²) in [6.07, 6.45) is 1.62. The predicted octanol–water partition coefficient (Wildman–Crippen LogP) is 3.36. The van der Waals surface area contributed by atoms with Gasteiger partial charge in [-0.2, -0.15) is 0 Å². The number of hydrogen-bond acceptors (Lipinski definition) is 4. The van der Waals surface area contributed by atoms with Crippen LogP contribution in [0.1, 0.15) is 52.1 Å². The van der Waals surface area contributed by atoms with Crippen LogP contribution in [0.4, 0.5) is 5.69 Å². The second-order valence-electron chi connectivity index (χ2n) is 7.53. The Morgan fingerprint density at radius 1 is 1.08 bits per heavy atom. The van der Waals surface area contributed by atoms with E-state index in [0.717, 1.165) is 39.1 Å². The minimum Gasteiger partial charge on any atom is -0.393 e. The van der Waals surface area contributed by atoms with Crippen molar-refractivity contribution in [2.24, 2.45) is 5.92 Å². The molecule has 0 saturated carbocycles. The van der Waals surface area contributed by atoms with Gasteiger partial charge < -0.3 is 20.1 Å². The quantitative estimate of drug-likeness (QED) is 0.765. The van der Waals surface area contributed by atoms with Gasteiger partial charge in [-0.05, 0) is 50.3 Å². The molecule has 0 bridgehead atoms. The van der Waals surface area contributed by atoms with Crippen molar-refractivity contribution in [2.75, 3.05) is 31.2 Å². The molecule has 0 radical (unpaired) electrons. The highest BCUT2D eigenvalue weighted by Crippen LogP contribution is 2.22. The molecule has 1 saturated heterocycles. The lowest BCUT2D eigenvalue weighted by Gasteiger charge is -2.31. The van der Waals surface area contributed by atoms with Crippen LogP contribution in [0, 0.1) is 5.92 Å². The first-order valence-electron chi connectivity index (χ1n) is 9.32. The van der Waals surface area contributed by atoms with Crippen LogP contribution in [-0.4, -0.2) is 43.6 Å². The normalized spacial score (nSPS) is 18.8. The standard InChI is InChI=1S/C20H34N2O2/c1-15(2)13-24-14-16(3)21-17(4)18-5-7-19(8-6-18)22-11-9-20(23)10-12-22/h5-8,15-17,20-21,23H,9-14H2,1-4H3. The third-order valence-electron chi connectivity index (χ3n) is 4.58. The number of nitrogens with zero attached hydrogens (tertiary/aromatic N) is 1. The van der Waals surface area contributed by atoms with Gasteiger partial charge in [-0.3, -0.25) is 0 Å². The van der Waals surface area contributed by atoms with Crippen LogP contribution >= 0.6 is 0 Å². The number of anilines is 1. The molecule has 2 rings (SSSR count). The first-order chi connectivity index (χ1) is 11.5. The average molecular weight is 335 g/mol. The fourth-order valence-corrected chi connectivity index (χ4v) is 3.15. The van der Waals surface area contributed by atoms with E-state index in [1.165, 1.54) is 11.3 Å². The zero-order valence-electron chi connectivity index (χ0n) is 15.7. The maximum absolute atomic E-state index is 9.62. The third-order valence-corrected chi connectivity index (χ3v) is 4.58. The third kappa shape index (κ3) is 6.08. The lowest BCUT2D eigenvalue weighted by molar-refractivity contribution is 0.0915. The topological polar surface area (TPSA) is 44.7 Å². The van der Waals surface area contributed by atoms with Gasteiger partial charge in [-0.15, -0.1) is 0 Å². The molecule has 1 fully saturated rings. The van der Waals surface area contributed by atoms with Gasteiger partial charge in [0.25, 0.3) is 0 Å². The summed E-state index contributed by atoms with van der Waals surface area (Å²) < 4.78 is 5.71. The minimum atomic E-state index is -0.121. The number of hydrogen-bond donors (Lipinski definition) is 2. The molecular formula is C20H34N2O2. The van der Waals surface area contributed by atoms with E-state index in [0.29, 0.717) is 18.0 Å². The molecule has 1 aromatic carbocycles. The van der Waals surface area contributed by atoms with Crippen LogP contribution in [-0.2, 0) is 4.74 Å². The number of piperidine rings is 1. The van der Waals surface area contributed by atoms with Crippen LogP contribution in [0.2, 0.25) is 0 Å². The molecule has 2 unspecified atom stereocenters. The number of aliphatic hydroxyl groups excluding tert-OH is 1. The largest absolute Gasteiger partial charge is 0.393 e. The molecule has 1 heterocycles. The van der Waals surface area contributed by atoms with E-state index in [1.807, 2.05) is 0 Å². The lowest BCUT2D eigenvalue weighted by Crippen LogP contribution is -2.35. The molecule has 24 heavy (non-hydrogen) atoms. The van der Waals surface area contributed by atoms with Crippen LogP contribution in [0.25, 0.3) is 0 Å². The smallest absolute Gasteiger partial charge is 0.0617 e. The molecule has 2 N–H and O–H groups in total. The van der Waals surface area contributed by atoms with Crippen LogP contribution < -0.4 is 10.2 Å². The van der Waals surface area contributed by atoms with E-state index in [9.17, 15) is 5.11 Å². The predicted molar refractivity (Wildman–Crippen MR) is 101 cm³/mol. The second-order valence-corrected chi connectivity index (χ2v) is 7.53. The molecule has 136 valence electrons. The van der Waals surface area contributed by atoms with Crippen LogP contribution in [0.15, 0.2) is 24.3 Å². The first-order valence-corrected chi connectivity index (χ1v) is 9.32.